The van der Waals surface area contributed by atoms with Crippen molar-refractivity contribution in [3.8, 4) is 23.0 Å². The van der Waals surface area contributed by atoms with Crippen LogP contribution in [0.3, 0.4) is 0 Å². The molecule has 0 radical (unpaired) electrons. The van der Waals surface area contributed by atoms with E-state index in [0.29, 0.717) is 45.3 Å². The fraction of sp³-hybridized carbons (Fsp3) is 0.136. The summed E-state index contributed by atoms with van der Waals surface area (Å²) in [6, 6.07) is 11.0. The average molecular weight is 424 g/mol. The summed E-state index contributed by atoms with van der Waals surface area (Å²) in [7, 11) is 1.49. The Kier molecular flexibility index (Phi) is 5.05. The van der Waals surface area contributed by atoms with E-state index in [-0.39, 0.29) is 22.7 Å². The number of benzene rings is 2. The van der Waals surface area contributed by atoms with Crippen molar-refractivity contribution >= 4 is 28.3 Å². The number of carbonyl (C=O) groups excluding carboxylic acids is 1. The second kappa shape index (κ2) is 7.68. The van der Waals surface area contributed by atoms with E-state index >= 15 is 0 Å². The fourth-order valence-corrected chi connectivity index (χ4v) is 3.47. The van der Waals surface area contributed by atoms with Crippen LogP contribution in [0.5, 0.6) is 11.5 Å². The molecule has 0 atom stereocenters. The van der Waals surface area contributed by atoms with Gasteiger partial charge in [-0.3, -0.25) is 9.59 Å². The number of aromatic hydroxyl groups is 1. The second-order valence-corrected chi connectivity index (χ2v) is 7.12. The molecule has 0 spiro atoms. The van der Waals surface area contributed by atoms with Gasteiger partial charge in [-0.1, -0.05) is 11.6 Å². The predicted octanol–water partition coefficient (Wildman–Crippen LogP) is 4.01. The fourth-order valence-electron chi connectivity index (χ4n) is 3.31. The van der Waals surface area contributed by atoms with Crippen LogP contribution >= 0.6 is 11.6 Å². The van der Waals surface area contributed by atoms with Crippen molar-refractivity contribution in [2.75, 3.05) is 7.11 Å². The molecule has 0 saturated heterocycles. The minimum atomic E-state index is -0.369. The van der Waals surface area contributed by atoms with Crippen LogP contribution < -0.4 is 10.3 Å². The SMILES string of the molecule is CCn1cc(C(=O)c2cc(OC)ccc2O)cc1-c1nc2cc(Cl)ccc2c(=O)[nH]1. The third kappa shape index (κ3) is 3.44. The van der Waals surface area contributed by atoms with Gasteiger partial charge in [0.2, 0.25) is 0 Å². The second-order valence-electron chi connectivity index (χ2n) is 6.69. The summed E-state index contributed by atoms with van der Waals surface area (Å²) in [4.78, 5) is 32.8. The Morgan fingerprint density at radius 2 is 2.03 bits per heavy atom. The standard InChI is InChI=1S/C22H18ClN3O4/c1-3-26-11-12(20(28)16-10-14(30-2)5-7-19(16)27)8-18(26)21-24-17-9-13(23)4-6-15(17)22(29)25-21/h4-11,27H,3H2,1-2H3,(H,24,25,29). The van der Waals surface area contributed by atoms with Crippen molar-refractivity contribution in [2.24, 2.45) is 0 Å². The number of fused-ring (bicyclic) bond motifs is 1. The van der Waals surface area contributed by atoms with Crippen LogP contribution in [0.15, 0.2) is 53.5 Å². The van der Waals surface area contributed by atoms with Crippen LogP contribution in [-0.2, 0) is 6.54 Å². The van der Waals surface area contributed by atoms with E-state index in [1.54, 1.807) is 41.1 Å². The molecule has 0 aliphatic heterocycles. The van der Waals surface area contributed by atoms with E-state index in [1.807, 2.05) is 6.92 Å². The lowest BCUT2D eigenvalue weighted by Gasteiger charge is -2.06. The Balaban J connectivity index is 1.83. The maximum Gasteiger partial charge on any atom is 0.259 e. The molecule has 152 valence electrons. The van der Waals surface area contributed by atoms with Crippen LogP contribution in [0.2, 0.25) is 5.02 Å². The van der Waals surface area contributed by atoms with E-state index < -0.39 is 0 Å². The number of methoxy groups -OCH3 is 1. The lowest BCUT2D eigenvalue weighted by Crippen LogP contribution is -2.11. The molecule has 7 nitrogen and oxygen atoms in total. The first-order valence-corrected chi connectivity index (χ1v) is 9.61. The van der Waals surface area contributed by atoms with Crippen molar-refractivity contribution in [3.63, 3.8) is 0 Å². The number of phenolic OH excluding ortho intramolecular Hbond substituents is 1. The minimum Gasteiger partial charge on any atom is -0.507 e. The quantitative estimate of drug-likeness (QED) is 0.473. The summed E-state index contributed by atoms with van der Waals surface area (Å²) < 4.78 is 6.95. The Morgan fingerprint density at radius 3 is 2.77 bits per heavy atom. The summed E-state index contributed by atoms with van der Waals surface area (Å²) in [6.45, 7) is 2.46. The van der Waals surface area contributed by atoms with Crippen LogP contribution in [0, 0.1) is 0 Å². The number of hydrogen-bond acceptors (Lipinski definition) is 5. The van der Waals surface area contributed by atoms with E-state index in [4.69, 9.17) is 16.3 Å². The largest absolute Gasteiger partial charge is 0.507 e. The normalized spacial score (nSPS) is 11.0. The van der Waals surface area contributed by atoms with Gasteiger partial charge in [0.05, 0.1) is 29.3 Å². The van der Waals surface area contributed by atoms with Gasteiger partial charge in [0.25, 0.3) is 5.56 Å². The molecule has 2 N–H and O–H groups in total. The van der Waals surface area contributed by atoms with Gasteiger partial charge in [0.1, 0.15) is 11.5 Å². The van der Waals surface area contributed by atoms with Gasteiger partial charge in [0, 0.05) is 23.3 Å². The number of halogens is 1. The van der Waals surface area contributed by atoms with E-state index in [9.17, 15) is 14.7 Å². The van der Waals surface area contributed by atoms with Crippen molar-refractivity contribution in [2.45, 2.75) is 13.5 Å². The smallest absolute Gasteiger partial charge is 0.259 e. The molecular formula is C22H18ClN3O4. The highest BCUT2D eigenvalue weighted by Gasteiger charge is 2.20. The first kappa shape index (κ1) is 19.7. The van der Waals surface area contributed by atoms with Gasteiger partial charge in [-0.05, 0) is 49.4 Å². The van der Waals surface area contributed by atoms with Crippen LogP contribution in [0.1, 0.15) is 22.8 Å². The van der Waals surface area contributed by atoms with Gasteiger partial charge in [-0.15, -0.1) is 0 Å². The van der Waals surface area contributed by atoms with Gasteiger partial charge in [-0.2, -0.15) is 0 Å². The monoisotopic (exact) mass is 423 g/mol. The summed E-state index contributed by atoms with van der Waals surface area (Å²) in [6.07, 6.45) is 1.67. The summed E-state index contributed by atoms with van der Waals surface area (Å²) in [5.41, 5.74) is 1.21. The molecule has 2 aromatic carbocycles. The Bertz CT molecular complexity index is 1340. The Morgan fingerprint density at radius 1 is 1.23 bits per heavy atom. The number of aromatic nitrogens is 3. The van der Waals surface area contributed by atoms with E-state index in [1.165, 1.54) is 19.2 Å². The van der Waals surface area contributed by atoms with Gasteiger partial charge >= 0.3 is 0 Å². The maximum atomic E-state index is 13.0. The summed E-state index contributed by atoms with van der Waals surface area (Å²) in [5.74, 6) is 0.277. The van der Waals surface area contributed by atoms with Crippen molar-refractivity contribution in [3.05, 3.63) is 75.2 Å². The number of phenols is 1. The lowest BCUT2D eigenvalue weighted by molar-refractivity contribution is 0.103. The molecule has 0 saturated carbocycles. The zero-order valence-corrected chi connectivity index (χ0v) is 17.0. The molecule has 0 aliphatic carbocycles. The van der Waals surface area contributed by atoms with Crippen LogP contribution in [0.4, 0.5) is 0 Å². The zero-order valence-electron chi connectivity index (χ0n) is 16.3. The highest BCUT2D eigenvalue weighted by atomic mass is 35.5. The molecule has 0 aliphatic rings. The number of aromatic amines is 1. The van der Waals surface area contributed by atoms with Gasteiger partial charge in [-0.25, -0.2) is 4.98 Å². The molecule has 0 amide bonds. The predicted molar refractivity (Wildman–Crippen MR) is 115 cm³/mol. The van der Waals surface area contributed by atoms with E-state index in [0.717, 1.165) is 0 Å². The number of carbonyl (C=O) groups is 1. The Labute approximate surface area is 176 Å². The third-order valence-corrected chi connectivity index (χ3v) is 5.09. The molecule has 0 unspecified atom stereocenters. The highest BCUT2D eigenvalue weighted by molar-refractivity contribution is 6.31. The summed E-state index contributed by atoms with van der Waals surface area (Å²) in [5, 5.41) is 11.0. The van der Waals surface area contributed by atoms with Crippen molar-refractivity contribution in [1.29, 1.82) is 0 Å². The molecule has 2 aromatic heterocycles. The molecule has 4 aromatic rings. The maximum absolute atomic E-state index is 13.0. The number of aryl methyl sites for hydroxylation is 1. The number of rotatable bonds is 5. The number of ketones is 1. The molecule has 8 heteroatoms. The molecular weight excluding hydrogens is 406 g/mol. The molecule has 4 rings (SSSR count). The van der Waals surface area contributed by atoms with Crippen molar-refractivity contribution < 1.29 is 14.6 Å². The minimum absolute atomic E-state index is 0.126. The molecule has 2 heterocycles. The van der Waals surface area contributed by atoms with E-state index in [2.05, 4.69) is 9.97 Å². The molecule has 0 fully saturated rings. The molecule has 0 bridgehead atoms. The first-order chi connectivity index (χ1) is 14.4. The average Bonchev–Trinajstić information content (AvgIpc) is 3.17. The third-order valence-electron chi connectivity index (χ3n) is 4.86. The topological polar surface area (TPSA) is 97.2 Å². The van der Waals surface area contributed by atoms with Crippen LogP contribution in [-0.4, -0.2) is 32.5 Å². The van der Waals surface area contributed by atoms with Gasteiger partial charge in [0.15, 0.2) is 11.6 Å². The lowest BCUT2D eigenvalue weighted by atomic mass is 10.0. The first-order valence-electron chi connectivity index (χ1n) is 9.23. The Hall–Kier alpha value is -3.58. The zero-order chi connectivity index (χ0) is 21.4. The van der Waals surface area contributed by atoms with Gasteiger partial charge < -0.3 is 19.4 Å². The van der Waals surface area contributed by atoms with Crippen LogP contribution in [0.25, 0.3) is 22.4 Å². The summed E-state index contributed by atoms with van der Waals surface area (Å²) >= 11 is 6.04. The van der Waals surface area contributed by atoms with Crippen molar-refractivity contribution in [1.82, 2.24) is 14.5 Å². The molecule has 30 heavy (non-hydrogen) atoms. The highest BCUT2D eigenvalue weighted by Crippen LogP contribution is 2.28. The number of nitrogens with one attached hydrogen (secondary N) is 1. The number of hydrogen-bond donors (Lipinski definition) is 2. The number of H-pyrrole nitrogens is 1. The number of nitrogens with zero attached hydrogens (tertiary/aromatic N) is 2. The number of ether oxygens (including phenoxy) is 1.